The third-order valence-electron chi connectivity index (χ3n) is 1.13. The van der Waals surface area contributed by atoms with Crippen LogP contribution in [0.15, 0.2) is 24.4 Å². The number of pyridine rings is 1. The average molecular weight is 243 g/mol. The minimum absolute atomic E-state index is 0.398. The van der Waals surface area contributed by atoms with Crippen molar-refractivity contribution in [1.29, 1.82) is 0 Å². The van der Waals surface area contributed by atoms with Gasteiger partial charge in [-0.05, 0) is 10.4 Å². The molecule has 9 heteroatoms. The van der Waals surface area contributed by atoms with Crippen LogP contribution in [-0.4, -0.2) is 18.9 Å². The van der Waals surface area contributed by atoms with Crippen molar-refractivity contribution in [3.63, 3.8) is 0 Å². The third-order valence-corrected chi connectivity index (χ3v) is 1.94. The van der Waals surface area contributed by atoms with Crippen molar-refractivity contribution in [3.05, 3.63) is 24.4 Å². The van der Waals surface area contributed by atoms with E-state index in [4.69, 9.17) is 0 Å². The van der Waals surface area contributed by atoms with E-state index in [1.807, 2.05) is 0 Å². The van der Waals surface area contributed by atoms with E-state index in [-0.39, 0.29) is 0 Å². The summed E-state index contributed by atoms with van der Waals surface area (Å²) in [6, 6.07) is 3.98. The zero-order valence-electron chi connectivity index (χ0n) is 6.93. The van der Waals surface area contributed by atoms with Gasteiger partial charge in [-0.15, -0.1) is 0 Å². The third kappa shape index (κ3) is 3.06. The Morgan fingerprint density at radius 1 is 1.27 bits per heavy atom. The second-order valence-electron chi connectivity index (χ2n) is 2.22. The van der Waals surface area contributed by atoms with E-state index in [0.29, 0.717) is 0 Å². The van der Waals surface area contributed by atoms with Gasteiger partial charge in [0.15, 0.2) is 0 Å². The predicted molar refractivity (Wildman–Crippen MR) is 40.9 cm³/mol. The van der Waals surface area contributed by atoms with Crippen LogP contribution < -0.4 is 4.89 Å². The Labute approximate surface area is 82.5 Å². The van der Waals surface area contributed by atoms with Crippen molar-refractivity contribution in [2.75, 3.05) is 0 Å². The van der Waals surface area contributed by atoms with Gasteiger partial charge in [-0.2, -0.15) is 21.6 Å². The fourth-order valence-electron chi connectivity index (χ4n) is 0.515. The largest absolute Gasteiger partial charge is 0.526 e. The number of alkyl halides is 3. The lowest BCUT2D eigenvalue weighted by Gasteiger charge is -2.06. The van der Waals surface area contributed by atoms with E-state index in [0.717, 1.165) is 6.07 Å². The lowest BCUT2D eigenvalue weighted by Crippen LogP contribution is -2.26. The van der Waals surface area contributed by atoms with Crippen LogP contribution in [0.25, 0.3) is 0 Å². The number of halogens is 3. The van der Waals surface area contributed by atoms with Gasteiger partial charge in [0.05, 0.1) is 0 Å². The molecule has 0 aliphatic carbocycles. The Bertz CT molecular complexity index is 416. The lowest BCUT2D eigenvalue weighted by atomic mass is 10.5. The van der Waals surface area contributed by atoms with Crippen molar-refractivity contribution >= 4 is 10.1 Å². The molecule has 1 heterocycles. The summed E-state index contributed by atoms with van der Waals surface area (Å²) >= 11 is 0. The van der Waals surface area contributed by atoms with Crippen LogP contribution in [0.2, 0.25) is 0 Å². The number of nitrogens with zero attached hydrogens (tertiary/aromatic N) is 1. The van der Waals surface area contributed by atoms with Gasteiger partial charge in [-0.3, -0.25) is 4.89 Å². The van der Waals surface area contributed by atoms with Gasteiger partial charge in [0.1, 0.15) is 0 Å². The summed E-state index contributed by atoms with van der Waals surface area (Å²) in [6.45, 7) is 0. The van der Waals surface area contributed by atoms with Crippen molar-refractivity contribution in [2.45, 2.75) is 5.51 Å². The van der Waals surface area contributed by atoms with E-state index in [1.165, 1.54) is 18.3 Å². The number of rotatable bonds is 3. The molecule has 5 nitrogen and oxygen atoms in total. The van der Waals surface area contributed by atoms with Gasteiger partial charge in [-0.25, -0.2) is 4.98 Å². The van der Waals surface area contributed by atoms with Crippen LogP contribution in [0.3, 0.4) is 0 Å². The molecular formula is C6H4F3NO4S. The maximum atomic E-state index is 11.7. The molecule has 1 aromatic rings. The minimum Gasteiger partial charge on any atom is -0.300 e. The molecular weight excluding hydrogens is 239 g/mol. The van der Waals surface area contributed by atoms with Gasteiger partial charge < -0.3 is 0 Å². The molecule has 0 aliphatic rings. The first-order chi connectivity index (χ1) is 6.83. The van der Waals surface area contributed by atoms with Crippen molar-refractivity contribution in [3.8, 4) is 5.88 Å². The highest BCUT2D eigenvalue weighted by Gasteiger charge is 2.49. The van der Waals surface area contributed by atoms with Gasteiger partial charge in [0.2, 0.25) is 0 Å². The van der Waals surface area contributed by atoms with Crippen LogP contribution in [0, 0.1) is 0 Å². The minimum atomic E-state index is -5.76. The summed E-state index contributed by atoms with van der Waals surface area (Å²) in [6.07, 6.45) is 1.19. The molecule has 0 unspecified atom stereocenters. The molecule has 1 aromatic heterocycles. The van der Waals surface area contributed by atoms with E-state index < -0.39 is 21.5 Å². The molecule has 15 heavy (non-hydrogen) atoms. The van der Waals surface area contributed by atoms with Gasteiger partial charge >= 0.3 is 15.6 Å². The molecule has 0 saturated heterocycles. The molecule has 1 rings (SSSR count). The Hall–Kier alpha value is -1.35. The Morgan fingerprint density at radius 3 is 2.40 bits per heavy atom. The van der Waals surface area contributed by atoms with E-state index in [2.05, 4.69) is 14.2 Å². The molecule has 0 aromatic carbocycles. The van der Waals surface area contributed by atoms with E-state index in [9.17, 15) is 21.6 Å². The molecule has 0 fully saturated rings. The number of aromatic nitrogens is 1. The van der Waals surface area contributed by atoms with E-state index >= 15 is 0 Å². The fourth-order valence-corrected chi connectivity index (χ4v) is 0.751. The quantitative estimate of drug-likeness (QED) is 0.454. The number of hydrogen-bond acceptors (Lipinski definition) is 5. The molecule has 0 spiro atoms. The maximum Gasteiger partial charge on any atom is 0.526 e. The van der Waals surface area contributed by atoms with Crippen molar-refractivity contribution in [2.24, 2.45) is 0 Å². The first-order valence-electron chi connectivity index (χ1n) is 3.41. The standard InChI is InChI=1S/C6H4F3NO4S/c7-6(8,9)15(11,12)14-13-5-3-1-2-4-10-5/h1-4H. The van der Waals surface area contributed by atoms with Gasteiger partial charge in [0, 0.05) is 12.3 Å². The van der Waals surface area contributed by atoms with Crippen LogP contribution in [0.5, 0.6) is 5.88 Å². The molecule has 0 radical (unpaired) electrons. The molecule has 84 valence electrons. The summed E-state index contributed by atoms with van der Waals surface area (Å²) in [7, 11) is -5.76. The topological polar surface area (TPSA) is 65.5 Å². The first-order valence-corrected chi connectivity index (χ1v) is 4.82. The zero-order valence-corrected chi connectivity index (χ0v) is 7.75. The SMILES string of the molecule is O=S(=O)(OOc1ccccn1)C(F)(F)F. The maximum absolute atomic E-state index is 11.7. The second kappa shape index (κ2) is 4.03. The van der Waals surface area contributed by atoms with Crippen molar-refractivity contribution < 1.29 is 30.8 Å². The molecule has 0 atom stereocenters. The predicted octanol–water partition coefficient (Wildman–Crippen LogP) is 1.24. The summed E-state index contributed by atoms with van der Waals surface area (Å²) in [5, 5.41) is 0. The molecule has 0 aliphatic heterocycles. The van der Waals surface area contributed by atoms with Crippen molar-refractivity contribution in [1.82, 2.24) is 4.98 Å². The van der Waals surface area contributed by atoms with E-state index in [1.54, 1.807) is 0 Å². The van der Waals surface area contributed by atoms with Crippen LogP contribution >= 0.6 is 0 Å². The molecule has 0 amide bonds. The monoisotopic (exact) mass is 243 g/mol. The van der Waals surface area contributed by atoms with Gasteiger partial charge in [0.25, 0.3) is 5.88 Å². The summed E-state index contributed by atoms with van der Waals surface area (Å²) in [4.78, 5) is 7.26. The van der Waals surface area contributed by atoms with Crippen LogP contribution in [-0.2, 0) is 14.5 Å². The second-order valence-corrected chi connectivity index (χ2v) is 3.73. The summed E-state index contributed by atoms with van der Waals surface area (Å²) < 4.78 is 59.1. The normalized spacial score (nSPS) is 12.5. The number of hydrogen-bond donors (Lipinski definition) is 0. The summed E-state index contributed by atoms with van der Waals surface area (Å²) in [5.41, 5.74) is -5.53. The first kappa shape index (κ1) is 11.7. The molecule has 0 saturated carbocycles. The molecule has 0 N–H and O–H groups in total. The smallest absolute Gasteiger partial charge is 0.300 e. The highest BCUT2D eigenvalue weighted by atomic mass is 32.2. The average Bonchev–Trinajstić information content (AvgIpc) is 2.15. The Kier molecular flexibility index (Phi) is 3.15. The highest BCUT2D eigenvalue weighted by molar-refractivity contribution is 7.87. The zero-order chi connectivity index (χ0) is 11.5. The van der Waals surface area contributed by atoms with Crippen LogP contribution in [0.1, 0.15) is 0 Å². The summed E-state index contributed by atoms with van der Waals surface area (Å²) in [5.74, 6) is -0.398. The van der Waals surface area contributed by atoms with Gasteiger partial charge in [-0.1, -0.05) is 6.07 Å². The molecule has 0 bridgehead atoms. The Balaban J connectivity index is 2.67. The van der Waals surface area contributed by atoms with Crippen LogP contribution in [0.4, 0.5) is 13.2 Å². The highest BCUT2D eigenvalue weighted by Crippen LogP contribution is 2.24. The Morgan fingerprint density at radius 2 is 1.93 bits per heavy atom. The fraction of sp³-hybridized carbons (Fsp3) is 0.167. The lowest BCUT2D eigenvalue weighted by molar-refractivity contribution is -0.131.